The van der Waals surface area contributed by atoms with Crippen LogP contribution in [0, 0.1) is 0 Å². The molecule has 12 heteroatoms. The molecule has 4 amide bonds. The van der Waals surface area contributed by atoms with Gasteiger partial charge in [-0.1, -0.05) is 36.4 Å². The fraction of sp³-hybridized carbons (Fsp3) is 0.250. The van der Waals surface area contributed by atoms with E-state index in [4.69, 9.17) is 9.47 Å². The van der Waals surface area contributed by atoms with Gasteiger partial charge in [-0.05, 0) is 37.1 Å². The Morgan fingerprint density at radius 3 is 2.59 bits per heavy atom. The van der Waals surface area contributed by atoms with Gasteiger partial charge in [0.15, 0.2) is 11.5 Å². The number of aromatic nitrogens is 2. The van der Waals surface area contributed by atoms with E-state index in [1.165, 1.54) is 6.33 Å². The van der Waals surface area contributed by atoms with E-state index in [-0.39, 0.29) is 36.6 Å². The van der Waals surface area contributed by atoms with E-state index in [9.17, 15) is 19.2 Å². The molecule has 3 N–H and O–H groups in total. The van der Waals surface area contributed by atoms with Crippen LogP contribution >= 0.6 is 0 Å². The minimum atomic E-state index is -1.03. The lowest BCUT2D eigenvalue weighted by Gasteiger charge is -2.27. The first kappa shape index (κ1) is 28.6. The van der Waals surface area contributed by atoms with Gasteiger partial charge in [-0.2, -0.15) is 0 Å². The number of amides is 4. The largest absolute Gasteiger partial charge is 0.493 e. The minimum absolute atomic E-state index is 0.0139. The van der Waals surface area contributed by atoms with Gasteiger partial charge in [0, 0.05) is 36.1 Å². The van der Waals surface area contributed by atoms with Gasteiger partial charge in [0.25, 0.3) is 11.8 Å². The average molecular weight is 595 g/mol. The van der Waals surface area contributed by atoms with E-state index in [1.54, 1.807) is 31.4 Å². The maximum Gasteiger partial charge on any atom is 0.264 e. The van der Waals surface area contributed by atoms with Crippen LogP contribution in [0.1, 0.15) is 52.1 Å². The van der Waals surface area contributed by atoms with Crippen molar-refractivity contribution in [1.82, 2.24) is 20.2 Å². The number of anilines is 2. The predicted molar refractivity (Wildman–Crippen MR) is 162 cm³/mol. The van der Waals surface area contributed by atoms with Crippen molar-refractivity contribution in [3.63, 3.8) is 0 Å². The molecule has 44 heavy (non-hydrogen) atoms. The zero-order valence-electron chi connectivity index (χ0n) is 24.1. The van der Waals surface area contributed by atoms with Gasteiger partial charge in [-0.25, -0.2) is 9.97 Å². The molecular weight excluding hydrogens is 564 g/mol. The lowest BCUT2D eigenvalue weighted by molar-refractivity contribution is -0.136. The molecule has 2 atom stereocenters. The monoisotopic (exact) mass is 594 g/mol. The van der Waals surface area contributed by atoms with Crippen molar-refractivity contribution in [2.45, 2.75) is 31.8 Å². The number of fused-ring (bicyclic) bond motifs is 2. The topological polar surface area (TPSA) is 152 Å². The maximum atomic E-state index is 13.3. The molecule has 224 valence electrons. The number of nitrogens with one attached hydrogen (secondary N) is 3. The van der Waals surface area contributed by atoms with Crippen molar-refractivity contribution >= 4 is 46.0 Å². The molecule has 1 unspecified atom stereocenters. The first-order valence-electron chi connectivity index (χ1n) is 14.2. The first-order chi connectivity index (χ1) is 21.4. The number of carbonyl (C=O) groups excluding carboxylic acids is 4. The summed E-state index contributed by atoms with van der Waals surface area (Å²) in [6, 6.07) is 17.6. The van der Waals surface area contributed by atoms with Crippen molar-refractivity contribution in [2.24, 2.45) is 0 Å². The number of hydrogen-bond acceptors (Lipinski definition) is 10. The van der Waals surface area contributed by atoms with Crippen molar-refractivity contribution in [3.8, 4) is 11.5 Å². The van der Waals surface area contributed by atoms with Gasteiger partial charge in [0.2, 0.25) is 11.8 Å². The third-order valence-corrected chi connectivity index (χ3v) is 7.72. The highest BCUT2D eigenvalue weighted by atomic mass is 16.5. The molecule has 1 fully saturated rings. The Labute approximate surface area is 252 Å². The first-order valence-corrected chi connectivity index (χ1v) is 14.2. The molecule has 3 heterocycles. The molecular formula is C32H30N6O6. The molecule has 4 aromatic rings. The fourth-order valence-corrected chi connectivity index (χ4v) is 5.49. The molecule has 0 saturated carbocycles. The van der Waals surface area contributed by atoms with Gasteiger partial charge in [0.05, 0.1) is 23.8 Å². The lowest BCUT2D eigenvalue weighted by Crippen LogP contribution is -2.54. The van der Waals surface area contributed by atoms with Gasteiger partial charge < -0.3 is 20.1 Å². The maximum absolute atomic E-state index is 13.3. The Morgan fingerprint density at radius 2 is 1.82 bits per heavy atom. The summed E-state index contributed by atoms with van der Waals surface area (Å²) in [5.41, 5.74) is 2.63. The number of methoxy groups -OCH3 is 1. The van der Waals surface area contributed by atoms with Crippen LogP contribution in [0.25, 0.3) is 10.9 Å². The minimum Gasteiger partial charge on any atom is -0.493 e. The number of imide groups is 2. The Morgan fingerprint density at radius 1 is 1.00 bits per heavy atom. The van der Waals surface area contributed by atoms with E-state index in [0.717, 1.165) is 15.8 Å². The van der Waals surface area contributed by atoms with E-state index < -0.39 is 29.7 Å². The van der Waals surface area contributed by atoms with Gasteiger partial charge in [-0.3, -0.25) is 29.4 Å². The van der Waals surface area contributed by atoms with E-state index >= 15 is 0 Å². The highest BCUT2D eigenvalue weighted by Crippen LogP contribution is 2.35. The number of carbonyl (C=O) groups is 4. The zero-order valence-corrected chi connectivity index (χ0v) is 24.1. The highest BCUT2D eigenvalue weighted by Gasteiger charge is 2.45. The average Bonchev–Trinajstić information content (AvgIpc) is 3.29. The number of ether oxygens (including phenoxy) is 2. The highest BCUT2D eigenvalue weighted by molar-refractivity contribution is 6.25. The molecule has 3 aromatic carbocycles. The Kier molecular flexibility index (Phi) is 7.80. The Balaban J connectivity index is 1.14. The normalized spacial score (nSPS) is 16.9. The summed E-state index contributed by atoms with van der Waals surface area (Å²) in [4.78, 5) is 60.2. The van der Waals surface area contributed by atoms with Crippen LogP contribution in [-0.2, 0) is 9.59 Å². The molecule has 0 aliphatic carbocycles. The van der Waals surface area contributed by atoms with Gasteiger partial charge >= 0.3 is 0 Å². The molecule has 2 aliphatic heterocycles. The SMILES string of the molecule is COc1cc2c(N[C@H](C)c3ccccc3)ncnc2cc1OCCNc1cccc2c1C(=O)N(C1CCC(=O)NC1=O)C2=O. The summed E-state index contributed by atoms with van der Waals surface area (Å²) in [6.07, 6.45) is 1.64. The second kappa shape index (κ2) is 12.0. The fourth-order valence-electron chi connectivity index (χ4n) is 5.49. The van der Waals surface area contributed by atoms with Crippen LogP contribution < -0.4 is 25.4 Å². The summed E-state index contributed by atoms with van der Waals surface area (Å²) < 4.78 is 11.7. The van der Waals surface area contributed by atoms with Crippen LogP contribution in [0.3, 0.4) is 0 Å². The van der Waals surface area contributed by atoms with Crippen LogP contribution in [0.15, 0.2) is 67.0 Å². The standard InChI is InChI=1S/C32H30N6O6/c1-18(19-7-4-3-5-8-19)36-29-21-15-25(43-2)26(16-23(21)34-17-35-29)44-14-13-33-22-10-6-9-20-28(22)32(42)38(31(20)41)24-11-12-27(39)37-30(24)40/h3-10,15-18,24,33H,11-14H2,1-2H3,(H,34,35,36)(H,37,39,40)/t18-,24?/m1/s1. The lowest BCUT2D eigenvalue weighted by atomic mass is 10.0. The summed E-state index contributed by atoms with van der Waals surface area (Å²) >= 11 is 0. The third kappa shape index (κ3) is 5.37. The van der Waals surface area contributed by atoms with Gasteiger partial charge in [-0.15, -0.1) is 0 Å². The molecule has 6 rings (SSSR count). The van der Waals surface area contributed by atoms with Gasteiger partial charge in [0.1, 0.15) is 24.8 Å². The molecule has 0 radical (unpaired) electrons. The molecule has 1 saturated heterocycles. The third-order valence-electron chi connectivity index (χ3n) is 7.72. The van der Waals surface area contributed by atoms with Crippen molar-refractivity contribution in [1.29, 1.82) is 0 Å². The van der Waals surface area contributed by atoms with E-state index in [1.807, 2.05) is 36.4 Å². The number of benzene rings is 3. The van der Waals surface area contributed by atoms with Crippen LogP contribution in [-0.4, -0.2) is 64.8 Å². The van der Waals surface area contributed by atoms with E-state index in [0.29, 0.717) is 35.1 Å². The van der Waals surface area contributed by atoms with Crippen LogP contribution in [0.5, 0.6) is 11.5 Å². The van der Waals surface area contributed by atoms with Crippen molar-refractivity contribution < 1.29 is 28.7 Å². The van der Waals surface area contributed by atoms with Crippen LogP contribution in [0.4, 0.5) is 11.5 Å². The summed E-state index contributed by atoms with van der Waals surface area (Å²) in [5.74, 6) is -0.557. The van der Waals surface area contributed by atoms with Crippen LogP contribution in [0.2, 0.25) is 0 Å². The van der Waals surface area contributed by atoms with Crippen molar-refractivity contribution in [2.75, 3.05) is 30.9 Å². The number of rotatable bonds is 10. The summed E-state index contributed by atoms with van der Waals surface area (Å²) in [5, 5.41) is 9.61. The Bertz CT molecular complexity index is 1780. The zero-order chi connectivity index (χ0) is 30.8. The second-order valence-electron chi connectivity index (χ2n) is 10.5. The summed E-state index contributed by atoms with van der Waals surface area (Å²) in [7, 11) is 1.56. The second-order valence-corrected chi connectivity index (χ2v) is 10.5. The molecule has 12 nitrogen and oxygen atoms in total. The van der Waals surface area contributed by atoms with Crippen molar-refractivity contribution in [3.05, 3.63) is 83.7 Å². The molecule has 2 aliphatic rings. The molecule has 1 aromatic heterocycles. The number of nitrogens with zero attached hydrogens (tertiary/aromatic N) is 3. The van der Waals surface area contributed by atoms with E-state index in [2.05, 4.69) is 32.8 Å². The Hall–Kier alpha value is -5.52. The predicted octanol–water partition coefficient (Wildman–Crippen LogP) is 3.70. The molecule has 0 bridgehead atoms. The number of hydrogen-bond donors (Lipinski definition) is 3. The molecule has 0 spiro atoms. The smallest absolute Gasteiger partial charge is 0.264 e. The quantitative estimate of drug-likeness (QED) is 0.183. The summed E-state index contributed by atoms with van der Waals surface area (Å²) in [6.45, 7) is 2.55. The number of piperidine rings is 1.